The summed E-state index contributed by atoms with van der Waals surface area (Å²) in [4.78, 5) is 11.5. The Balaban J connectivity index is 1.84. The molecule has 2 nitrogen and oxygen atoms in total. The Morgan fingerprint density at radius 1 is 1.26 bits per heavy atom. The highest BCUT2D eigenvalue weighted by Crippen LogP contribution is 2.17. The van der Waals surface area contributed by atoms with Gasteiger partial charge < -0.3 is 4.74 Å². The minimum atomic E-state index is -0.452. The third kappa shape index (κ3) is 4.63. The fraction of sp³-hybridized carbons (Fsp3) is 0.353. The van der Waals surface area contributed by atoms with Crippen LogP contribution in [-0.2, 0) is 9.53 Å². The van der Waals surface area contributed by atoms with Gasteiger partial charge in [-0.25, -0.2) is 4.79 Å². The van der Waals surface area contributed by atoms with E-state index in [0.29, 0.717) is 6.61 Å². The molecule has 19 heavy (non-hydrogen) atoms. The lowest BCUT2D eigenvalue weighted by Gasteiger charge is -2.11. The van der Waals surface area contributed by atoms with Crippen molar-refractivity contribution in [2.75, 3.05) is 6.61 Å². The first-order valence-electron chi connectivity index (χ1n) is 6.67. The minimum absolute atomic E-state index is 0.390. The molecule has 1 aliphatic carbocycles. The molecule has 2 rings (SSSR count). The Bertz CT molecular complexity index is 527. The first-order valence-corrected chi connectivity index (χ1v) is 6.67. The van der Waals surface area contributed by atoms with Gasteiger partial charge >= 0.3 is 5.97 Å². The zero-order valence-electron chi connectivity index (χ0n) is 11.2. The van der Waals surface area contributed by atoms with E-state index in [0.717, 1.165) is 18.4 Å². The van der Waals surface area contributed by atoms with Gasteiger partial charge in [0.1, 0.15) is 6.61 Å². The summed E-state index contributed by atoms with van der Waals surface area (Å²) in [6, 6.07) is 7.75. The molecule has 0 spiro atoms. The van der Waals surface area contributed by atoms with Crippen LogP contribution in [0.15, 0.2) is 35.9 Å². The van der Waals surface area contributed by atoms with Gasteiger partial charge in [0.25, 0.3) is 0 Å². The molecule has 1 aliphatic rings. The van der Waals surface area contributed by atoms with Crippen molar-refractivity contribution in [2.45, 2.75) is 32.6 Å². The van der Waals surface area contributed by atoms with Gasteiger partial charge in [0.15, 0.2) is 0 Å². The van der Waals surface area contributed by atoms with E-state index in [1.807, 2.05) is 31.2 Å². The summed E-state index contributed by atoms with van der Waals surface area (Å²) < 4.78 is 5.15. The van der Waals surface area contributed by atoms with Crippen LogP contribution in [0.3, 0.4) is 0 Å². The van der Waals surface area contributed by atoms with E-state index in [-0.39, 0.29) is 0 Å². The highest BCUT2D eigenvalue weighted by Gasteiger charge is 2.05. The van der Waals surface area contributed by atoms with Gasteiger partial charge in [-0.15, -0.1) is 0 Å². The van der Waals surface area contributed by atoms with E-state index < -0.39 is 5.97 Å². The van der Waals surface area contributed by atoms with Crippen molar-refractivity contribution in [1.29, 1.82) is 0 Å². The van der Waals surface area contributed by atoms with Gasteiger partial charge in [0, 0.05) is 11.5 Å². The summed E-state index contributed by atoms with van der Waals surface area (Å²) in [5.74, 6) is 4.88. The lowest BCUT2D eigenvalue weighted by molar-refractivity contribution is -0.135. The molecule has 0 fully saturated rings. The standard InChI is InChI=1S/C17H18O2/c1-14-7-9-15(10-8-14)11-12-17(18)19-13-16-5-3-2-4-6-16/h5,7-10H,2-4,6,13H2,1H3. The molecule has 0 atom stereocenters. The molecule has 0 saturated carbocycles. The first-order chi connectivity index (χ1) is 9.24. The predicted octanol–water partition coefficient (Wildman–Crippen LogP) is 3.39. The third-order valence-electron chi connectivity index (χ3n) is 3.13. The predicted molar refractivity (Wildman–Crippen MR) is 75.6 cm³/mol. The smallest absolute Gasteiger partial charge is 0.385 e. The number of aryl methyl sites for hydroxylation is 1. The number of hydrogen-bond acceptors (Lipinski definition) is 2. The molecular weight excluding hydrogens is 236 g/mol. The van der Waals surface area contributed by atoms with E-state index in [9.17, 15) is 4.79 Å². The van der Waals surface area contributed by atoms with Crippen LogP contribution in [-0.4, -0.2) is 12.6 Å². The van der Waals surface area contributed by atoms with Crippen LogP contribution in [0, 0.1) is 18.8 Å². The Hall–Kier alpha value is -2.01. The van der Waals surface area contributed by atoms with Crippen molar-refractivity contribution in [2.24, 2.45) is 0 Å². The Morgan fingerprint density at radius 3 is 2.74 bits per heavy atom. The highest BCUT2D eigenvalue weighted by atomic mass is 16.5. The fourth-order valence-electron chi connectivity index (χ4n) is 1.99. The van der Waals surface area contributed by atoms with Crippen LogP contribution in [0.2, 0.25) is 0 Å². The van der Waals surface area contributed by atoms with Crippen LogP contribution in [0.5, 0.6) is 0 Å². The number of carbonyl (C=O) groups is 1. The second-order valence-corrected chi connectivity index (χ2v) is 4.80. The highest BCUT2D eigenvalue weighted by molar-refractivity contribution is 5.89. The summed E-state index contributed by atoms with van der Waals surface area (Å²) in [6.07, 6.45) is 6.74. The number of allylic oxidation sites excluding steroid dienone is 1. The van der Waals surface area contributed by atoms with Crippen molar-refractivity contribution >= 4 is 5.97 Å². The second-order valence-electron chi connectivity index (χ2n) is 4.80. The van der Waals surface area contributed by atoms with Gasteiger partial charge in [0.05, 0.1) is 0 Å². The van der Waals surface area contributed by atoms with Crippen LogP contribution < -0.4 is 0 Å². The Morgan fingerprint density at radius 2 is 2.05 bits per heavy atom. The van der Waals surface area contributed by atoms with E-state index in [4.69, 9.17) is 4.74 Å². The van der Waals surface area contributed by atoms with Crippen molar-refractivity contribution in [3.8, 4) is 11.8 Å². The Kier molecular flexibility index (Phi) is 4.80. The summed E-state index contributed by atoms with van der Waals surface area (Å²) in [7, 11) is 0. The number of ether oxygens (including phenoxy) is 1. The number of hydrogen-bond donors (Lipinski definition) is 0. The molecule has 0 bridgehead atoms. The number of benzene rings is 1. The minimum Gasteiger partial charge on any atom is -0.452 e. The third-order valence-corrected chi connectivity index (χ3v) is 3.13. The maximum Gasteiger partial charge on any atom is 0.385 e. The normalized spacial score (nSPS) is 14.1. The molecule has 98 valence electrons. The first kappa shape index (κ1) is 13.4. The monoisotopic (exact) mass is 254 g/mol. The van der Waals surface area contributed by atoms with Gasteiger partial charge in [-0.1, -0.05) is 29.7 Å². The van der Waals surface area contributed by atoms with Crippen molar-refractivity contribution in [3.05, 3.63) is 47.0 Å². The molecule has 0 saturated heterocycles. The van der Waals surface area contributed by atoms with Crippen LogP contribution in [0.4, 0.5) is 0 Å². The van der Waals surface area contributed by atoms with E-state index in [1.54, 1.807) is 0 Å². The maximum atomic E-state index is 11.5. The summed E-state index contributed by atoms with van der Waals surface area (Å²) in [6.45, 7) is 2.41. The van der Waals surface area contributed by atoms with Crippen molar-refractivity contribution in [1.82, 2.24) is 0 Å². The quantitative estimate of drug-likeness (QED) is 0.459. The van der Waals surface area contributed by atoms with Gasteiger partial charge in [0.2, 0.25) is 0 Å². The van der Waals surface area contributed by atoms with Crippen LogP contribution in [0.1, 0.15) is 36.8 Å². The SMILES string of the molecule is Cc1ccc(C#CC(=O)OCC2=CCCCC2)cc1. The lowest BCUT2D eigenvalue weighted by Crippen LogP contribution is -2.07. The lowest BCUT2D eigenvalue weighted by atomic mass is 10.0. The average Bonchev–Trinajstić information content (AvgIpc) is 2.45. The van der Waals surface area contributed by atoms with Crippen molar-refractivity contribution in [3.63, 3.8) is 0 Å². The molecule has 0 heterocycles. The molecule has 0 aromatic heterocycles. The van der Waals surface area contributed by atoms with Gasteiger partial charge in [-0.2, -0.15) is 0 Å². The number of rotatable bonds is 2. The molecule has 0 radical (unpaired) electrons. The summed E-state index contributed by atoms with van der Waals surface area (Å²) in [5.41, 5.74) is 3.23. The zero-order valence-corrected chi connectivity index (χ0v) is 11.2. The molecular formula is C17H18O2. The fourth-order valence-corrected chi connectivity index (χ4v) is 1.99. The topological polar surface area (TPSA) is 26.3 Å². The molecule has 1 aromatic carbocycles. The molecule has 0 aliphatic heterocycles. The molecule has 0 N–H and O–H groups in total. The van der Waals surface area contributed by atoms with Crippen LogP contribution in [0.25, 0.3) is 0 Å². The van der Waals surface area contributed by atoms with Crippen molar-refractivity contribution < 1.29 is 9.53 Å². The molecule has 2 heteroatoms. The Labute approximate surface area is 114 Å². The van der Waals surface area contributed by atoms with Crippen LogP contribution >= 0.6 is 0 Å². The summed E-state index contributed by atoms with van der Waals surface area (Å²) >= 11 is 0. The van der Waals surface area contributed by atoms with Gasteiger partial charge in [-0.05, 0) is 50.3 Å². The number of carbonyl (C=O) groups excluding carboxylic acids is 1. The zero-order chi connectivity index (χ0) is 13.5. The van der Waals surface area contributed by atoms with Gasteiger partial charge in [-0.3, -0.25) is 0 Å². The largest absolute Gasteiger partial charge is 0.452 e. The molecule has 0 amide bonds. The molecule has 1 aromatic rings. The van der Waals surface area contributed by atoms with E-state index in [2.05, 4.69) is 17.9 Å². The summed E-state index contributed by atoms with van der Waals surface area (Å²) in [5, 5.41) is 0. The van der Waals surface area contributed by atoms with E-state index in [1.165, 1.54) is 24.0 Å². The molecule has 0 unspecified atom stereocenters. The maximum absolute atomic E-state index is 11.5. The second kappa shape index (κ2) is 6.80. The van der Waals surface area contributed by atoms with E-state index >= 15 is 0 Å². The number of esters is 1. The average molecular weight is 254 g/mol.